The highest BCUT2D eigenvalue weighted by atomic mass is 19.2. The summed E-state index contributed by atoms with van der Waals surface area (Å²) in [5.74, 6) is -1.81. The van der Waals surface area contributed by atoms with Crippen molar-refractivity contribution in [2.24, 2.45) is 0 Å². The summed E-state index contributed by atoms with van der Waals surface area (Å²) in [7, 11) is 0. The van der Waals surface area contributed by atoms with Crippen LogP contribution in [0.5, 0.6) is 0 Å². The van der Waals surface area contributed by atoms with Gasteiger partial charge < -0.3 is 9.84 Å². The summed E-state index contributed by atoms with van der Waals surface area (Å²) in [5.41, 5.74) is 1.97. The molecule has 23 heavy (non-hydrogen) atoms. The van der Waals surface area contributed by atoms with E-state index in [-0.39, 0.29) is 5.91 Å². The Labute approximate surface area is 133 Å². The Bertz CT molecular complexity index is 693. The van der Waals surface area contributed by atoms with Gasteiger partial charge in [-0.05, 0) is 44.9 Å². The van der Waals surface area contributed by atoms with Gasteiger partial charge in [0, 0.05) is 5.56 Å². The lowest BCUT2D eigenvalue weighted by Gasteiger charge is -2.20. The molecule has 1 aromatic carbocycles. The predicted octanol–water partition coefficient (Wildman–Crippen LogP) is 3.94. The maximum Gasteiger partial charge on any atom is 0.228 e. The monoisotopic (exact) mass is 322 g/mol. The Morgan fingerprint density at radius 1 is 1.30 bits per heavy atom. The zero-order valence-corrected chi connectivity index (χ0v) is 13.6. The highest BCUT2D eigenvalue weighted by Gasteiger charge is 2.26. The number of hydrogen-bond acceptors (Lipinski definition) is 3. The molecule has 0 bridgehead atoms. The molecule has 6 heteroatoms. The lowest BCUT2D eigenvalue weighted by atomic mass is 9.93. The second-order valence-electron chi connectivity index (χ2n) is 5.60. The minimum Gasteiger partial charge on any atom is -0.361 e. The highest BCUT2D eigenvalue weighted by Crippen LogP contribution is 2.27. The fraction of sp³-hybridized carbons (Fsp3) is 0.412. The van der Waals surface area contributed by atoms with Gasteiger partial charge in [0.2, 0.25) is 5.91 Å². The average molecular weight is 322 g/mol. The Morgan fingerprint density at radius 2 is 2.00 bits per heavy atom. The van der Waals surface area contributed by atoms with E-state index in [1.54, 1.807) is 20.8 Å². The van der Waals surface area contributed by atoms with E-state index in [1.807, 2.05) is 6.92 Å². The molecule has 2 aromatic rings. The summed E-state index contributed by atoms with van der Waals surface area (Å²) in [5, 5.41) is 6.72. The molecule has 124 valence electrons. The molecule has 0 spiro atoms. The molecule has 2 rings (SSSR count). The number of carbonyl (C=O) groups excluding carboxylic acids is 1. The third-order valence-corrected chi connectivity index (χ3v) is 3.96. The van der Waals surface area contributed by atoms with Crippen molar-refractivity contribution in [3.8, 4) is 0 Å². The first-order chi connectivity index (χ1) is 10.8. The topological polar surface area (TPSA) is 55.1 Å². The van der Waals surface area contributed by atoms with Crippen LogP contribution in [0.2, 0.25) is 0 Å². The Morgan fingerprint density at radius 3 is 2.52 bits per heavy atom. The SMILES string of the molecule is CC[C@@H](C(=O)N[C@@H](C)c1ccc(F)c(F)c1)c1c(C)noc1C. The Balaban J connectivity index is 2.17. The van der Waals surface area contributed by atoms with Gasteiger partial charge in [-0.15, -0.1) is 0 Å². The van der Waals surface area contributed by atoms with Crippen molar-refractivity contribution in [1.29, 1.82) is 0 Å². The van der Waals surface area contributed by atoms with E-state index in [2.05, 4.69) is 10.5 Å². The fourth-order valence-electron chi connectivity index (χ4n) is 2.69. The molecule has 1 N–H and O–H groups in total. The molecular weight excluding hydrogens is 302 g/mol. The normalized spacial score (nSPS) is 13.7. The zero-order valence-electron chi connectivity index (χ0n) is 13.6. The van der Waals surface area contributed by atoms with Gasteiger partial charge in [-0.25, -0.2) is 8.78 Å². The number of amides is 1. The molecule has 0 fully saturated rings. The van der Waals surface area contributed by atoms with Crippen molar-refractivity contribution in [2.75, 3.05) is 0 Å². The van der Waals surface area contributed by atoms with Crippen LogP contribution in [0.3, 0.4) is 0 Å². The van der Waals surface area contributed by atoms with Gasteiger partial charge in [-0.2, -0.15) is 0 Å². The summed E-state index contributed by atoms with van der Waals surface area (Å²) in [6.07, 6.45) is 0.583. The molecule has 1 aromatic heterocycles. The van der Waals surface area contributed by atoms with Crippen LogP contribution in [0, 0.1) is 25.5 Å². The van der Waals surface area contributed by atoms with E-state index in [1.165, 1.54) is 6.07 Å². The van der Waals surface area contributed by atoms with Crippen molar-refractivity contribution in [3.63, 3.8) is 0 Å². The molecule has 0 unspecified atom stereocenters. The van der Waals surface area contributed by atoms with Crippen molar-refractivity contribution in [3.05, 3.63) is 52.4 Å². The lowest BCUT2D eigenvalue weighted by molar-refractivity contribution is -0.123. The fourth-order valence-corrected chi connectivity index (χ4v) is 2.69. The number of halogens is 2. The van der Waals surface area contributed by atoms with Gasteiger partial charge >= 0.3 is 0 Å². The minimum atomic E-state index is -0.929. The van der Waals surface area contributed by atoms with Gasteiger partial charge in [-0.3, -0.25) is 4.79 Å². The molecule has 1 heterocycles. The quantitative estimate of drug-likeness (QED) is 0.907. The second-order valence-corrected chi connectivity index (χ2v) is 5.60. The average Bonchev–Trinajstić information content (AvgIpc) is 2.83. The molecule has 0 saturated carbocycles. The summed E-state index contributed by atoms with van der Waals surface area (Å²) in [6.45, 7) is 7.19. The first-order valence-electron chi connectivity index (χ1n) is 7.53. The third kappa shape index (κ3) is 3.57. The van der Waals surface area contributed by atoms with Crippen LogP contribution in [0.1, 0.15) is 54.8 Å². The van der Waals surface area contributed by atoms with Gasteiger partial charge in [0.05, 0.1) is 17.7 Å². The minimum absolute atomic E-state index is 0.195. The summed E-state index contributed by atoms with van der Waals surface area (Å²) >= 11 is 0. The zero-order chi connectivity index (χ0) is 17.1. The molecule has 0 saturated heterocycles. The van der Waals surface area contributed by atoms with Gasteiger partial charge in [-0.1, -0.05) is 18.1 Å². The number of hydrogen-bond donors (Lipinski definition) is 1. The third-order valence-electron chi connectivity index (χ3n) is 3.96. The van der Waals surface area contributed by atoms with Gasteiger partial charge in [0.1, 0.15) is 5.76 Å². The molecule has 2 atom stereocenters. The van der Waals surface area contributed by atoms with E-state index in [9.17, 15) is 13.6 Å². The maximum absolute atomic E-state index is 13.3. The van der Waals surface area contributed by atoms with Crippen LogP contribution in [0.4, 0.5) is 8.78 Å². The summed E-state index contributed by atoms with van der Waals surface area (Å²) < 4.78 is 31.5. The van der Waals surface area contributed by atoms with E-state index in [0.717, 1.165) is 17.7 Å². The van der Waals surface area contributed by atoms with Crippen molar-refractivity contribution >= 4 is 5.91 Å². The number of aryl methyl sites for hydroxylation is 2. The number of aromatic nitrogens is 1. The van der Waals surface area contributed by atoms with Gasteiger partial charge in [0.15, 0.2) is 11.6 Å². The molecular formula is C17H20F2N2O2. The Hall–Kier alpha value is -2.24. The van der Waals surface area contributed by atoms with E-state index in [4.69, 9.17) is 4.52 Å². The molecule has 0 aliphatic heterocycles. The second kappa shape index (κ2) is 6.89. The summed E-state index contributed by atoms with van der Waals surface area (Å²) in [6, 6.07) is 3.17. The molecule has 0 aliphatic carbocycles. The van der Waals surface area contributed by atoms with Crippen molar-refractivity contribution in [2.45, 2.75) is 46.1 Å². The summed E-state index contributed by atoms with van der Waals surface area (Å²) in [4.78, 5) is 12.6. The van der Waals surface area contributed by atoms with Crippen LogP contribution < -0.4 is 5.32 Å². The number of carbonyl (C=O) groups is 1. The molecule has 4 nitrogen and oxygen atoms in total. The van der Waals surface area contributed by atoms with Crippen LogP contribution in [0.15, 0.2) is 22.7 Å². The van der Waals surface area contributed by atoms with Crippen LogP contribution in [-0.4, -0.2) is 11.1 Å². The predicted molar refractivity (Wildman–Crippen MR) is 81.9 cm³/mol. The van der Waals surface area contributed by atoms with Crippen molar-refractivity contribution in [1.82, 2.24) is 10.5 Å². The molecule has 0 radical (unpaired) electrons. The van der Waals surface area contributed by atoms with E-state index < -0.39 is 23.6 Å². The van der Waals surface area contributed by atoms with Crippen LogP contribution in [-0.2, 0) is 4.79 Å². The van der Waals surface area contributed by atoms with Crippen LogP contribution >= 0.6 is 0 Å². The first-order valence-corrected chi connectivity index (χ1v) is 7.53. The number of nitrogens with zero attached hydrogens (tertiary/aromatic N) is 1. The van der Waals surface area contributed by atoms with Crippen molar-refractivity contribution < 1.29 is 18.1 Å². The van der Waals surface area contributed by atoms with Gasteiger partial charge in [0.25, 0.3) is 0 Å². The largest absolute Gasteiger partial charge is 0.361 e. The smallest absolute Gasteiger partial charge is 0.228 e. The first kappa shape index (κ1) is 17.1. The lowest BCUT2D eigenvalue weighted by Crippen LogP contribution is -2.32. The van der Waals surface area contributed by atoms with Crippen LogP contribution in [0.25, 0.3) is 0 Å². The number of nitrogens with one attached hydrogen (secondary N) is 1. The molecule has 1 amide bonds. The van der Waals surface area contributed by atoms with E-state index in [0.29, 0.717) is 23.4 Å². The standard InChI is InChI=1S/C17H20F2N2O2/c1-5-13(16-10(3)21-23-11(16)4)17(22)20-9(2)12-6-7-14(18)15(19)8-12/h6-9,13H,5H2,1-4H3,(H,20,22)/t9-,13+/m0/s1. The highest BCUT2D eigenvalue weighted by molar-refractivity contribution is 5.84. The molecule has 0 aliphatic rings. The number of rotatable bonds is 5. The maximum atomic E-state index is 13.3. The number of benzene rings is 1. The Kier molecular flexibility index (Phi) is 5.13. The van der Waals surface area contributed by atoms with E-state index >= 15 is 0 Å².